The topological polar surface area (TPSA) is 67.2 Å². The third-order valence-corrected chi connectivity index (χ3v) is 4.17. The predicted octanol–water partition coefficient (Wildman–Crippen LogP) is 1.98. The molecule has 21 heavy (non-hydrogen) atoms. The molecular weight excluding hydrogens is 266 g/mol. The summed E-state index contributed by atoms with van der Waals surface area (Å²) in [5, 5.41) is 13.4. The van der Waals surface area contributed by atoms with Crippen LogP contribution in [0.4, 0.5) is 0 Å². The van der Waals surface area contributed by atoms with Crippen molar-refractivity contribution in [1.29, 1.82) is 0 Å². The molecule has 5 heteroatoms. The van der Waals surface area contributed by atoms with E-state index in [4.69, 9.17) is 0 Å². The van der Waals surface area contributed by atoms with Gasteiger partial charge in [-0.3, -0.25) is 4.79 Å². The normalized spacial score (nSPS) is 16.2. The number of hydrogen-bond donors (Lipinski definition) is 2. The first-order valence-corrected chi connectivity index (χ1v) is 7.61. The quantitative estimate of drug-likeness (QED) is 0.903. The summed E-state index contributed by atoms with van der Waals surface area (Å²) in [5.74, 6) is 0.0222. The molecule has 3 rings (SSSR count). The van der Waals surface area contributed by atoms with Crippen molar-refractivity contribution < 1.29 is 9.90 Å². The smallest absolute Gasteiger partial charge is 0.240 e. The molecule has 0 bridgehead atoms. The van der Waals surface area contributed by atoms with Crippen molar-refractivity contribution in [2.45, 2.75) is 51.3 Å². The minimum atomic E-state index is -0.0422. The maximum Gasteiger partial charge on any atom is 0.240 e. The third kappa shape index (κ3) is 3.08. The highest BCUT2D eigenvalue weighted by Crippen LogP contribution is 2.20. The number of hydrogen-bond acceptors (Lipinski definition) is 3. The predicted molar refractivity (Wildman–Crippen MR) is 80.7 cm³/mol. The van der Waals surface area contributed by atoms with Gasteiger partial charge in [-0.25, -0.2) is 4.98 Å². The van der Waals surface area contributed by atoms with Gasteiger partial charge in [0, 0.05) is 29.4 Å². The number of fused-ring (bicyclic) bond motifs is 1. The largest absolute Gasteiger partial charge is 0.392 e. The Hall–Kier alpha value is -1.88. The third-order valence-electron chi connectivity index (χ3n) is 4.17. The fourth-order valence-corrected chi connectivity index (χ4v) is 3.12. The lowest BCUT2D eigenvalue weighted by molar-refractivity contribution is -0.122. The molecule has 0 saturated heterocycles. The molecule has 5 nitrogen and oxygen atoms in total. The SMILES string of the molecule is O=C(Cn1cc(CO)c2cccnc21)NC1CCCCC1. The van der Waals surface area contributed by atoms with Crippen molar-refractivity contribution >= 4 is 16.9 Å². The molecule has 0 aromatic carbocycles. The summed E-state index contributed by atoms with van der Waals surface area (Å²) in [6, 6.07) is 4.08. The zero-order valence-electron chi connectivity index (χ0n) is 12.1. The molecule has 2 aromatic heterocycles. The standard InChI is InChI=1S/C16H21N3O2/c20-11-12-9-19(16-14(12)7-4-8-17-16)10-15(21)18-13-5-2-1-3-6-13/h4,7-9,13,20H,1-3,5-6,10-11H2,(H,18,21). The average Bonchev–Trinajstić information content (AvgIpc) is 2.86. The zero-order valence-corrected chi connectivity index (χ0v) is 12.1. The van der Waals surface area contributed by atoms with Crippen LogP contribution in [0.2, 0.25) is 0 Å². The summed E-state index contributed by atoms with van der Waals surface area (Å²) in [4.78, 5) is 16.5. The Morgan fingerprint density at radius 3 is 2.95 bits per heavy atom. The van der Waals surface area contributed by atoms with E-state index in [2.05, 4.69) is 10.3 Å². The van der Waals surface area contributed by atoms with Crippen LogP contribution in [0.15, 0.2) is 24.5 Å². The molecule has 2 heterocycles. The fraction of sp³-hybridized carbons (Fsp3) is 0.500. The second-order valence-corrected chi connectivity index (χ2v) is 5.72. The number of amides is 1. The van der Waals surface area contributed by atoms with Gasteiger partial charge in [-0.1, -0.05) is 19.3 Å². The lowest BCUT2D eigenvalue weighted by Gasteiger charge is -2.22. The van der Waals surface area contributed by atoms with Crippen molar-refractivity contribution in [3.8, 4) is 0 Å². The van der Waals surface area contributed by atoms with Crippen LogP contribution in [-0.2, 0) is 17.9 Å². The Bertz CT molecular complexity index is 629. The summed E-state index contributed by atoms with van der Waals surface area (Å²) in [5.41, 5.74) is 1.56. The maximum atomic E-state index is 12.2. The van der Waals surface area contributed by atoms with E-state index in [0.29, 0.717) is 6.04 Å². The number of carbonyl (C=O) groups excluding carboxylic acids is 1. The van der Waals surface area contributed by atoms with Gasteiger partial charge >= 0.3 is 0 Å². The Morgan fingerprint density at radius 2 is 2.19 bits per heavy atom. The monoisotopic (exact) mass is 287 g/mol. The summed E-state index contributed by atoms with van der Waals surface area (Å²) < 4.78 is 1.82. The maximum absolute atomic E-state index is 12.2. The van der Waals surface area contributed by atoms with Crippen LogP contribution in [0.1, 0.15) is 37.7 Å². The van der Waals surface area contributed by atoms with Crippen LogP contribution in [0.3, 0.4) is 0 Å². The van der Waals surface area contributed by atoms with E-state index in [1.807, 2.05) is 22.9 Å². The van der Waals surface area contributed by atoms with Crippen LogP contribution in [-0.4, -0.2) is 26.6 Å². The highest BCUT2D eigenvalue weighted by Gasteiger charge is 2.17. The number of pyridine rings is 1. The van der Waals surface area contributed by atoms with Gasteiger partial charge in [-0.2, -0.15) is 0 Å². The van der Waals surface area contributed by atoms with E-state index in [1.165, 1.54) is 19.3 Å². The molecule has 1 fully saturated rings. The average molecular weight is 287 g/mol. The van der Waals surface area contributed by atoms with Crippen LogP contribution in [0, 0.1) is 0 Å². The first kappa shape index (κ1) is 14.1. The van der Waals surface area contributed by atoms with Crippen molar-refractivity contribution in [2.75, 3.05) is 0 Å². The molecular formula is C16H21N3O2. The minimum Gasteiger partial charge on any atom is -0.392 e. The van der Waals surface area contributed by atoms with Crippen LogP contribution in [0.25, 0.3) is 11.0 Å². The first-order valence-electron chi connectivity index (χ1n) is 7.61. The van der Waals surface area contributed by atoms with Crippen LogP contribution in [0.5, 0.6) is 0 Å². The molecule has 0 aliphatic heterocycles. The lowest BCUT2D eigenvalue weighted by Crippen LogP contribution is -2.38. The van der Waals surface area contributed by atoms with Gasteiger partial charge in [0.1, 0.15) is 12.2 Å². The van der Waals surface area contributed by atoms with E-state index in [1.54, 1.807) is 6.20 Å². The molecule has 2 N–H and O–H groups in total. The van der Waals surface area contributed by atoms with Gasteiger partial charge in [-0.15, -0.1) is 0 Å². The highest BCUT2D eigenvalue weighted by molar-refractivity contribution is 5.83. The highest BCUT2D eigenvalue weighted by atomic mass is 16.3. The molecule has 1 saturated carbocycles. The van der Waals surface area contributed by atoms with Crippen molar-refractivity contribution in [1.82, 2.24) is 14.9 Å². The van der Waals surface area contributed by atoms with Crippen molar-refractivity contribution in [3.63, 3.8) is 0 Å². The van der Waals surface area contributed by atoms with Gasteiger partial charge in [0.2, 0.25) is 5.91 Å². The molecule has 0 radical (unpaired) electrons. The van der Waals surface area contributed by atoms with E-state index >= 15 is 0 Å². The van der Waals surface area contributed by atoms with Crippen LogP contribution >= 0.6 is 0 Å². The van der Waals surface area contributed by atoms with Gasteiger partial charge < -0.3 is 15.0 Å². The Kier molecular flexibility index (Phi) is 4.20. The second kappa shape index (κ2) is 6.26. The lowest BCUT2D eigenvalue weighted by atomic mass is 9.95. The van der Waals surface area contributed by atoms with Crippen molar-refractivity contribution in [2.24, 2.45) is 0 Å². The van der Waals surface area contributed by atoms with E-state index in [0.717, 1.165) is 29.4 Å². The first-order chi connectivity index (χ1) is 10.3. The van der Waals surface area contributed by atoms with E-state index in [-0.39, 0.29) is 19.1 Å². The van der Waals surface area contributed by atoms with Gasteiger partial charge in [0.25, 0.3) is 0 Å². The molecule has 112 valence electrons. The molecule has 0 spiro atoms. The summed E-state index contributed by atoms with van der Waals surface area (Å²) >= 11 is 0. The molecule has 1 amide bonds. The fourth-order valence-electron chi connectivity index (χ4n) is 3.12. The van der Waals surface area contributed by atoms with Gasteiger partial charge in [0.05, 0.1) is 6.61 Å². The summed E-state index contributed by atoms with van der Waals surface area (Å²) in [6.07, 6.45) is 9.37. The van der Waals surface area contributed by atoms with Gasteiger partial charge in [0.15, 0.2) is 0 Å². The van der Waals surface area contributed by atoms with Gasteiger partial charge in [-0.05, 0) is 25.0 Å². The summed E-state index contributed by atoms with van der Waals surface area (Å²) in [6.45, 7) is 0.212. The molecule has 1 aliphatic carbocycles. The van der Waals surface area contributed by atoms with E-state index in [9.17, 15) is 9.90 Å². The number of nitrogens with one attached hydrogen (secondary N) is 1. The number of aliphatic hydroxyl groups excluding tert-OH is 1. The summed E-state index contributed by atoms with van der Waals surface area (Å²) in [7, 11) is 0. The van der Waals surface area contributed by atoms with Crippen LogP contribution < -0.4 is 5.32 Å². The Balaban J connectivity index is 1.73. The minimum absolute atomic E-state index is 0.0222. The zero-order chi connectivity index (χ0) is 14.7. The number of rotatable bonds is 4. The molecule has 1 aliphatic rings. The van der Waals surface area contributed by atoms with E-state index < -0.39 is 0 Å². The molecule has 2 aromatic rings. The second-order valence-electron chi connectivity index (χ2n) is 5.72. The molecule has 0 atom stereocenters. The Morgan fingerprint density at radius 1 is 1.38 bits per heavy atom. The molecule has 0 unspecified atom stereocenters. The number of nitrogens with zero attached hydrogens (tertiary/aromatic N) is 2. The van der Waals surface area contributed by atoms with Crippen molar-refractivity contribution in [3.05, 3.63) is 30.1 Å². The number of aliphatic hydroxyl groups is 1. The Labute approximate surface area is 124 Å². The number of aromatic nitrogens is 2. The number of carbonyl (C=O) groups is 1.